The first-order valence-electron chi connectivity index (χ1n) is 5.35. The minimum Gasteiger partial charge on any atom is -0.336 e. The molecule has 2 aromatic heterocycles. The maximum Gasteiger partial charge on any atom is 0.415 e. The van der Waals surface area contributed by atoms with Crippen molar-refractivity contribution in [1.82, 2.24) is 15.1 Å². The number of nitrogens with zero attached hydrogens (tertiary/aromatic N) is 3. The SMILES string of the molecule is Cc1cccc(-c2noc(C(C)(N)C(F)(F)F)n2)n1. The number of aryl methyl sites for hydroxylation is 1. The predicted octanol–water partition coefficient (Wildman–Crippen LogP) is 2.18. The summed E-state index contributed by atoms with van der Waals surface area (Å²) in [6, 6.07) is 5.01. The Bertz CT molecular complexity index is 592. The Morgan fingerprint density at radius 3 is 2.47 bits per heavy atom. The molecule has 19 heavy (non-hydrogen) atoms. The number of hydrogen-bond donors (Lipinski definition) is 1. The molecule has 0 fully saturated rings. The number of alkyl halides is 3. The fraction of sp³-hybridized carbons (Fsp3) is 0.364. The molecule has 0 aliphatic rings. The second-order valence-electron chi connectivity index (χ2n) is 4.29. The minimum absolute atomic E-state index is 0.0281. The highest BCUT2D eigenvalue weighted by molar-refractivity contribution is 5.48. The van der Waals surface area contributed by atoms with E-state index in [1.807, 2.05) is 0 Å². The third-order valence-corrected chi connectivity index (χ3v) is 2.58. The van der Waals surface area contributed by atoms with Gasteiger partial charge in [-0.15, -0.1) is 0 Å². The first kappa shape index (κ1) is 13.5. The molecular weight excluding hydrogens is 261 g/mol. The molecule has 0 aromatic carbocycles. The van der Waals surface area contributed by atoms with Crippen LogP contribution in [0.15, 0.2) is 22.7 Å². The van der Waals surface area contributed by atoms with Crippen LogP contribution < -0.4 is 5.73 Å². The van der Waals surface area contributed by atoms with Gasteiger partial charge >= 0.3 is 6.18 Å². The van der Waals surface area contributed by atoms with Gasteiger partial charge in [-0.05, 0) is 26.0 Å². The Morgan fingerprint density at radius 2 is 1.89 bits per heavy atom. The lowest BCUT2D eigenvalue weighted by atomic mass is 10.0. The lowest BCUT2D eigenvalue weighted by molar-refractivity contribution is -0.190. The summed E-state index contributed by atoms with van der Waals surface area (Å²) < 4.78 is 42.8. The van der Waals surface area contributed by atoms with Crippen molar-refractivity contribution >= 4 is 0 Å². The van der Waals surface area contributed by atoms with E-state index in [1.54, 1.807) is 25.1 Å². The Balaban J connectivity index is 2.40. The van der Waals surface area contributed by atoms with E-state index in [0.717, 1.165) is 6.92 Å². The smallest absolute Gasteiger partial charge is 0.336 e. The summed E-state index contributed by atoms with van der Waals surface area (Å²) in [4.78, 5) is 7.77. The van der Waals surface area contributed by atoms with Gasteiger partial charge in [0.2, 0.25) is 5.82 Å². The van der Waals surface area contributed by atoms with E-state index in [0.29, 0.717) is 11.4 Å². The van der Waals surface area contributed by atoms with E-state index in [2.05, 4.69) is 19.6 Å². The highest BCUT2D eigenvalue weighted by Gasteiger charge is 2.53. The van der Waals surface area contributed by atoms with Crippen molar-refractivity contribution in [3.8, 4) is 11.5 Å². The van der Waals surface area contributed by atoms with Crippen molar-refractivity contribution in [3.05, 3.63) is 29.8 Å². The van der Waals surface area contributed by atoms with Crippen LogP contribution in [-0.4, -0.2) is 21.3 Å². The number of rotatable bonds is 2. The van der Waals surface area contributed by atoms with Gasteiger partial charge in [-0.3, -0.25) is 0 Å². The molecule has 1 atom stereocenters. The van der Waals surface area contributed by atoms with Gasteiger partial charge in [0.25, 0.3) is 5.89 Å². The summed E-state index contributed by atoms with van der Waals surface area (Å²) in [5.74, 6) is -0.724. The van der Waals surface area contributed by atoms with E-state index in [4.69, 9.17) is 5.73 Å². The molecule has 0 saturated heterocycles. The summed E-state index contributed by atoms with van der Waals surface area (Å²) in [7, 11) is 0. The summed E-state index contributed by atoms with van der Waals surface area (Å²) in [6.45, 7) is 2.52. The lowest BCUT2D eigenvalue weighted by Crippen LogP contribution is -2.47. The standard InChI is InChI=1S/C11H11F3N4O/c1-6-4-3-5-7(16-6)8-17-9(19-18-8)10(2,15)11(12,13)14/h3-5H,15H2,1-2H3. The molecule has 1 unspecified atom stereocenters. The van der Waals surface area contributed by atoms with Gasteiger partial charge in [0.1, 0.15) is 5.69 Å². The molecule has 0 aliphatic carbocycles. The topological polar surface area (TPSA) is 77.8 Å². The lowest BCUT2D eigenvalue weighted by Gasteiger charge is -2.22. The van der Waals surface area contributed by atoms with Crippen LogP contribution in [0.25, 0.3) is 11.5 Å². The van der Waals surface area contributed by atoms with Crippen LogP contribution in [0.2, 0.25) is 0 Å². The van der Waals surface area contributed by atoms with Gasteiger partial charge in [0, 0.05) is 5.69 Å². The Kier molecular flexibility index (Phi) is 3.05. The number of halogens is 3. The molecule has 0 saturated carbocycles. The largest absolute Gasteiger partial charge is 0.415 e. The zero-order valence-electron chi connectivity index (χ0n) is 10.2. The maximum absolute atomic E-state index is 12.7. The van der Waals surface area contributed by atoms with Crippen LogP contribution in [0.4, 0.5) is 13.2 Å². The van der Waals surface area contributed by atoms with Gasteiger partial charge in [-0.2, -0.15) is 18.2 Å². The zero-order valence-corrected chi connectivity index (χ0v) is 10.2. The van der Waals surface area contributed by atoms with Crippen molar-refractivity contribution in [1.29, 1.82) is 0 Å². The highest BCUT2D eigenvalue weighted by Crippen LogP contribution is 2.35. The summed E-state index contributed by atoms with van der Waals surface area (Å²) in [5, 5.41) is 3.48. The normalized spacial score (nSPS) is 15.3. The van der Waals surface area contributed by atoms with Crippen molar-refractivity contribution in [2.75, 3.05) is 0 Å². The first-order chi connectivity index (χ1) is 8.72. The molecule has 2 aromatic rings. The molecule has 2 heterocycles. The van der Waals surface area contributed by atoms with Crippen molar-refractivity contribution < 1.29 is 17.7 Å². The average Bonchev–Trinajstić information content (AvgIpc) is 2.77. The highest BCUT2D eigenvalue weighted by atomic mass is 19.4. The van der Waals surface area contributed by atoms with Crippen LogP contribution in [0, 0.1) is 6.92 Å². The fourth-order valence-corrected chi connectivity index (χ4v) is 1.33. The average molecular weight is 272 g/mol. The molecule has 0 aliphatic heterocycles. The van der Waals surface area contributed by atoms with Gasteiger partial charge in [0.05, 0.1) is 0 Å². The van der Waals surface area contributed by atoms with E-state index in [1.165, 1.54) is 0 Å². The third-order valence-electron chi connectivity index (χ3n) is 2.58. The second-order valence-corrected chi connectivity index (χ2v) is 4.29. The molecular formula is C11H11F3N4O. The molecule has 2 N–H and O–H groups in total. The van der Waals surface area contributed by atoms with E-state index >= 15 is 0 Å². The number of hydrogen-bond acceptors (Lipinski definition) is 5. The Morgan fingerprint density at radius 1 is 1.21 bits per heavy atom. The van der Waals surface area contributed by atoms with Crippen molar-refractivity contribution in [2.45, 2.75) is 25.6 Å². The quantitative estimate of drug-likeness (QED) is 0.906. The monoisotopic (exact) mass is 272 g/mol. The molecule has 5 nitrogen and oxygen atoms in total. The van der Waals surface area contributed by atoms with E-state index in [9.17, 15) is 13.2 Å². The second kappa shape index (κ2) is 4.30. The van der Waals surface area contributed by atoms with Crippen LogP contribution in [0.3, 0.4) is 0 Å². The summed E-state index contributed by atoms with van der Waals surface area (Å²) >= 11 is 0. The van der Waals surface area contributed by atoms with Crippen LogP contribution in [0.1, 0.15) is 18.5 Å². The van der Waals surface area contributed by atoms with E-state index < -0.39 is 17.6 Å². The molecule has 2 rings (SSSR count). The van der Waals surface area contributed by atoms with E-state index in [-0.39, 0.29) is 5.82 Å². The molecule has 0 bridgehead atoms. The van der Waals surface area contributed by atoms with Crippen LogP contribution in [0.5, 0.6) is 0 Å². The third kappa shape index (κ3) is 2.43. The zero-order chi connectivity index (χ0) is 14.3. The van der Waals surface area contributed by atoms with Crippen molar-refractivity contribution in [2.24, 2.45) is 5.73 Å². The molecule has 102 valence electrons. The maximum atomic E-state index is 12.7. The first-order valence-corrected chi connectivity index (χ1v) is 5.35. The number of aromatic nitrogens is 3. The Labute approximate surface area is 106 Å². The van der Waals surface area contributed by atoms with Crippen LogP contribution >= 0.6 is 0 Å². The number of pyridine rings is 1. The van der Waals surface area contributed by atoms with Crippen LogP contribution in [-0.2, 0) is 5.54 Å². The molecule has 0 radical (unpaired) electrons. The predicted molar refractivity (Wildman–Crippen MR) is 59.9 cm³/mol. The minimum atomic E-state index is -4.68. The summed E-state index contributed by atoms with van der Waals surface area (Å²) in [6.07, 6.45) is -4.68. The Hall–Kier alpha value is -1.96. The van der Waals surface area contributed by atoms with Gasteiger partial charge in [-0.1, -0.05) is 11.2 Å². The van der Waals surface area contributed by atoms with Gasteiger partial charge < -0.3 is 10.3 Å². The molecule has 8 heteroatoms. The fourth-order valence-electron chi connectivity index (χ4n) is 1.33. The van der Waals surface area contributed by atoms with Crippen molar-refractivity contribution in [3.63, 3.8) is 0 Å². The molecule has 0 amide bonds. The summed E-state index contributed by atoms with van der Waals surface area (Å²) in [5.41, 5.74) is 3.52. The number of nitrogens with two attached hydrogens (primary N) is 1. The molecule has 0 spiro atoms. The van der Waals surface area contributed by atoms with Gasteiger partial charge in [0.15, 0.2) is 5.54 Å². The van der Waals surface area contributed by atoms with Gasteiger partial charge in [-0.25, -0.2) is 4.98 Å².